The first-order valence-electron chi connectivity index (χ1n) is 8.61. The molecule has 138 valence electrons. The van der Waals surface area contributed by atoms with Crippen LogP contribution in [-0.2, 0) is 35.5 Å². The summed E-state index contributed by atoms with van der Waals surface area (Å²) < 4.78 is 1.87. The molecule has 1 aliphatic heterocycles. The maximum absolute atomic E-state index is 12.5. The number of aryl methyl sites for hydroxylation is 3. The van der Waals surface area contributed by atoms with Gasteiger partial charge in [0.1, 0.15) is 0 Å². The zero-order valence-corrected chi connectivity index (χ0v) is 14.3. The zero-order valence-electron chi connectivity index (χ0n) is 14.3. The van der Waals surface area contributed by atoms with Gasteiger partial charge in [0.25, 0.3) is 5.56 Å². The monoisotopic (exact) mass is 359 g/mol. The summed E-state index contributed by atoms with van der Waals surface area (Å²) in [6, 6.07) is 4.91. The lowest BCUT2D eigenvalue weighted by Crippen LogP contribution is -2.31. The van der Waals surface area contributed by atoms with Crippen molar-refractivity contribution in [3.63, 3.8) is 0 Å². The number of carbonyl (C=O) groups is 2. The van der Waals surface area contributed by atoms with Crippen LogP contribution in [0, 0.1) is 0 Å². The Balaban J connectivity index is 1.60. The van der Waals surface area contributed by atoms with E-state index in [1.165, 1.54) is 6.07 Å². The molecule has 0 saturated carbocycles. The Labute approximate surface area is 149 Å². The van der Waals surface area contributed by atoms with Crippen molar-refractivity contribution >= 4 is 11.9 Å². The first-order chi connectivity index (χ1) is 12.5. The van der Waals surface area contributed by atoms with Gasteiger partial charge in [-0.25, -0.2) is 5.10 Å². The third-order valence-corrected chi connectivity index (χ3v) is 4.34. The molecule has 0 radical (unpaired) electrons. The number of aliphatic carboxylic acids is 1. The number of H-pyrrole nitrogens is 1. The van der Waals surface area contributed by atoms with Crippen LogP contribution in [0.2, 0.25) is 0 Å². The number of nitrogens with one attached hydrogen (secondary N) is 1. The maximum Gasteiger partial charge on any atom is 0.303 e. The molecule has 0 spiro atoms. The zero-order chi connectivity index (χ0) is 18.5. The first-order valence-corrected chi connectivity index (χ1v) is 8.61. The van der Waals surface area contributed by atoms with Gasteiger partial charge in [-0.3, -0.25) is 19.1 Å². The van der Waals surface area contributed by atoms with E-state index in [0.29, 0.717) is 44.6 Å². The van der Waals surface area contributed by atoms with Crippen molar-refractivity contribution in [2.24, 2.45) is 0 Å². The van der Waals surface area contributed by atoms with Gasteiger partial charge in [-0.1, -0.05) is 0 Å². The topological polar surface area (TPSA) is 121 Å². The summed E-state index contributed by atoms with van der Waals surface area (Å²) in [5.74, 6) is -0.819. The Morgan fingerprint density at radius 2 is 1.96 bits per heavy atom. The molecule has 2 aromatic heterocycles. The van der Waals surface area contributed by atoms with Crippen molar-refractivity contribution in [3.05, 3.63) is 45.6 Å². The highest BCUT2D eigenvalue weighted by Crippen LogP contribution is 2.16. The lowest BCUT2D eigenvalue weighted by Gasteiger charge is -2.19. The average Bonchev–Trinajstić information content (AvgIpc) is 2.89. The Hall–Kier alpha value is -2.97. The minimum Gasteiger partial charge on any atom is -0.481 e. The molecule has 2 aromatic rings. The Morgan fingerprint density at radius 1 is 1.15 bits per heavy atom. The van der Waals surface area contributed by atoms with E-state index in [1.807, 2.05) is 10.7 Å². The fraction of sp³-hybridized carbons (Fsp3) is 0.471. The molecule has 0 unspecified atom stereocenters. The minimum atomic E-state index is -0.846. The molecule has 26 heavy (non-hydrogen) atoms. The third kappa shape index (κ3) is 4.56. The number of rotatable bonds is 6. The number of aromatic amines is 1. The second kappa shape index (κ2) is 7.94. The Morgan fingerprint density at radius 3 is 2.69 bits per heavy atom. The van der Waals surface area contributed by atoms with Gasteiger partial charge >= 0.3 is 5.97 Å². The van der Waals surface area contributed by atoms with Gasteiger partial charge < -0.3 is 10.0 Å². The van der Waals surface area contributed by atoms with Crippen LogP contribution in [0.3, 0.4) is 0 Å². The van der Waals surface area contributed by atoms with E-state index in [1.54, 1.807) is 11.0 Å². The van der Waals surface area contributed by atoms with E-state index in [9.17, 15) is 14.4 Å². The van der Waals surface area contributed by atoms with Crippen LogP contribution in [0.15, 0.2) is 23.0 Å². The number of hydrogen-bond donors (Lipinski definition) is 2. The lowest BCUT2D eigenvalue weighted by atomic mass is 10.2. The number of nitrogens with zero attached hydrogens (tertiary/aromatic N) is 4. The second-order valence-electron chi connectivity index (χ2n) is 6.33. The van der Waals surface area contributed by atoms with Crippen molar-refractivity contribution in [1.29, 1.82) is 0 Å². The highest BCUT2D eigenvalue weighted by atomic mass is 16.4. The summed E-state index contributed by atoms with van der Waals surface area (Å²) in [6.07, 6.45) is 2.02. The maximum atomic E-state index is 12.5. The van der Waals surface area contributed by atoms with Gasteiger partial charge in [-0.2, -0.15) is 10.2 Å². The van der Waals surface area contributed by atoms with E-state index >= 15 is 0 Å². The van der Waals surface area contributed by atoms with Gasteiger partial charge in [0, 0.05) is 38.4 Å². The molecular formula is C17H21N5O4. The summed E-state index contributed by atoms with van der Waals surface area (Å²) in [4.78, 5) is 36.1. The largest absolute Gasteiger partial charge is 0.481 e. The number of carboxylic acid groups (broad SMARTS) is 1. The van der Waals surface area contributed by atoms with Crippen molar-refractivity contribution < 1.29 is 14.7 Å². The molecule has 3 rings (SSSR count). The molecule has 0 fully saturated rings. The average molecular weight is 359 g/mol. The van der Waals surface area contributed by atoms with Crippen molar-refractivity contribution in [2.75, 3.05) is 6.54 Å². The van der Waals surface area contributed by atoms with Crippen LogP contribution in [0.4, 0.5) is 0 Å². The van der Waals surface area contributed by atoms with E-state index in [2.05, 4.69) is 15.3 Å². The predicted octanol–water partition coefficient (Wildman–Crippen LogP) is 0.349. The fourth-order valence-electron chi connectivity index (χ4n) is 3.00. The quantitative estimate of drug-likeness (QED) is 0.767. The molecule has 1 aliphatic rings. The first kappa shape index (κ1) is 17.8. The van der Waals surface area contributed by atoms with E-state index in [4.69, 9.17) is 5.11 Å². The van der Waals surface area contributed by atoms with Crippen molar-refractivity contribution in [1.82, 2.24) is 24.9 Å². The summed E-state index contributed by atoms with van der Waals surface area (Å²) in [7, 11) is 0. The van der Waals surface area contributed by atoms with Gasteiger partial charge in [0.05, 0.1) is 30.0 Å². The standard InChI is InChI=1S/C17H21N5O4/c23-15-5-2-12(18-19-15)3-6-16(24)21-8-1-9-22-14(11-21)10-13(20-22)4-7-17(25)26/h2,5,10H,1,3-4,6-9,11H2,(H,19,23)(H,25,26). The summed E-state index contributed by atoms with van der Waals surface area (Å²) in [6.45, 7) is 1.84. The molecule has 0 aromatic carbocycles. The second-order valence-corrected chi connectivity index (χ2v) is 6.33. The van der Waals surface area contributed by atoms with Crippen LogP contribution in [0.1, 0.15) is 36.3 Å². The molecule has 9 heteroatoms. The van der Waals surface area contributed by atoms with Gasteiger partial charge in [0.15, 0.2) is 0 Å². The van der Waals surface area contributed by atoms with Crippen LogP contribution in [0.5, 0.6) is 0 Å². The fourth-order valence-corrected chi connectivity index (χ4v) is 3.00. The lowest BCUT2D eigenvalue weighted by molar-refractivity contribution is -0.137. The number of hydrogen-bond acceptors (Lipinski definition) is 5. The van der Waals surface area contributed by atoms with Crippen molar-refractivity contribution in [2.45, 2.75) is 45.2 Å². The normalized spacial score (nSPS) is 13.9. The van der Waals surface area contributed by atoms with Crippen molar-refractivity contribution in [3.8, 4) is 0 Å². The van der Waals surface area contributed by atoms with Crippen LogP contribution in [-0.4, -0.2) is 48.4 Å². The third-order valence-electron chi connectivity index (χ3n) is 4.34. The van der Waals surface area contributed by atoms with Gasteiger partial charge in [-0.05, 0) is 18.6 Å². The number of carbonyl (C=O) groups excluding carboxylic acids is 1. The summed E-state index contributed by atoms with van der Waals surface area (Å²) >= 11 is 0. The van der Waals surface area contributed by atoms with Crippen LogP contribution < -0.4 is 5.56 Å². The molecule has 0 aliphatic carbocycles. The molecule has 0 saturated heterocycles. The summed E-state index contributed by atoms with van der Waals surface area (Å²) in [5.41, 5.74) is 2.08. The SMILES string of the molecule is O=C(O)CCc1cc2n(n1)CCCN(C(=O)CCc1ccc(=O)[nH]n1)C2. The predicted molar refractivity (Wildman–Crippen MR) is 91.4 cm³/mol. The van der Waals surface area contributed by atoms with E-state index in [-0.39, 0.29) is 17.9 Å². The minimum absolute atomic E-state index is 0.0275. The molecule has 1 amide bonds. The molecule has 2 N–H and O–H groups in total. The smallest absolute Gasteiger partial charge is 0.303 e. The van der Waals surface area contributed by atoms with Gasteiger partial charge in [0.2, 0.25) is 5.91 Å². The highest BCUT2D eigenvalue weighted by molar-refractivity contribution is 5.76. The Bertz CT molecular complexity index is 837. The van der Waals surface area contributed by atoms with E-state index < -0.39 is 5.97 Å². The molecule has 0 atom stereocenters. The molecule has 9 nitrogen and oxygen atoms in total. The number of aromatic nitrogens is 4. The highest BCUT2D eigenvalue weighted by Gasteiger charge is 2.20. The van der Waals surface area contributed by atoms with Crippen LogP contribution in [0.25, 0.3) is 0 Å². The Kier molecular flexibility index (Phi) is 5.45. The number of fused-ring (bicyclic) bond motifs is 1. The number of amides is 1. The van der Waals surface area contributed by atoms with E-state index in [0.717, 1.165) is 17.8 Å². The molecular weight excluding hydrogens is 338 g/mol. The molecule has 3 heterocycles. The van der Waals surface area contributed by atoms with Crippen LogP contribution >= 0.6 is 0 Å². The number of carboxylic acids is 1. The molecule has 0 bridgehead atoms. The van der Waals surface area contributed by atoms with Gasteiger partial charge in [-0.15, -0.1) is 0 Å². The summed E-state index contributed by atoms with van der Waals surface area (Å²) in [5, 5.41) is 19.5.